The smallest absolute Gasteiger partial charge is 0.236 e. The van der Waals surface area contributed by atoms with Crippen LogP contribution >= 0.6 is 11.8 Å². The van der Waals surface area contributed by atoms with Crippen molar-refractivity contribution in [2.75, 3.05) is 45.8 Å². The van der Waals surface area contributed by atoms with Crippen molar-refractivity contribution in [2.24, 2.45) is 0 Å². The Labute approximate surface area is 114 Å². The first kappa shape index (κ1) is 14.2. The van der Waals surface area contributed by atoms with Crippen molar-refractivity contribution in [1.82, 2.24) is 15.1 Å². The molecule has 2 aliphatic rings. The summed E-state index contributed by atoms with van der Waals surface area (Å²) in [5.41, 5.74) is 0. The Kier molecular flexibility index (Phi) is 5.33. The van der Waals surface area contributed by atoms with Crippen LogP contribution < -0.4 is 5.32 Å². The average molecular weight is 271 g/mol. The molecular formula is C13H25N3OS. The Bertz CT molecular complexity index is 269. The molecule has 5 heteroatoms. The number of rotatable bonds is 2. The van der Waals surface area contributed by atoms with Crippen LogP contribution in [-0.2, 0) is 4.79 Å². The molecule has 4 nitrogen and oxygen atoms in total. The molecule has 1 amide bonds. The van der Waals surface area contributed by atoms with Gasteiger partial charge >= 0.3 is 0 Å². The molecule has 2 rings (SSSR count). The second-order valence-electron chi connectivity index (χ2n) is 5.44. The molecule has 0 aromatic heterocycles. The largest absolute Gasteiger partial charge is 0.340 e. The third-order valence-corrected chi connectivity index (χ3v) is 4.77. The summed E-state index contributed by atoms with van der Waals surface area (Å²) < 4.78 is 0. The van der Waals surface area contributed by atoms with Crippen LogP contribution in [0.25, 0.3) is 0 Å². The second-order valence-corrected chi connectivity index (χ2v) is 7.32. The minimum Gasteiger partial charge on any atom is -0.340 e. The van der Waals surface area contributed by atoms with Gasteiger partial charge in [0, 0.05) is 43.2 Å². The number of hydrogen-bond donors (Lipinski definition) is 1. The molecule has 2 atom stereocenters. The molecule has 2 heterocycles. The van der Waals surface area contributed by atoms with Crippen LogP contribution in [0.15, 0.2) is 0 Å². The van der Waals surface area contributed by atoms with E-state index in [9.17, 15) is 4.79 Å². The van der Waals surface area contributed by atoms with Crippen molar-refractivity contribution < 1.29 is 4.79 Å². The summed E-state index contributed by atoms with van der Waals surface area (Å²) >= 11 is 2.03. The van der Waals surface area contributed by atoms with Crippen molar-refractivity contribution in [3.8, 4) is 0 Å². The molecular weight excluding hydrogens is 246 g/mol. The van der Waals surface area contributed by atoms with E-state index in [0.717, 1.165) is 45.7 Å². The maximum Gasteiger partial charge on any atom is 0.236 e. The van der Waals surface area contributed by atoms with Gasteiger partial charge in [-0.25, -0.2) is 0 Å². The minimum absolute atomic E-state index is 0.310. The van der Waals surface area contributed by atoms with Gasteiger partial charge in [-0.2, -0.15) is 11.8 Å². The van der Waals surface area contributed by atoms with E-state index in [4.69, 9.17) is 0 Å². The van der Waals surface area contributed by atoms with E-state index in [-0.39, 0.29) is 0 Å². The van der Waals surface area contributed by atoms with E-state index in [2.05, 4.69) is 24.1 Å². The van der Waals surface area contributed by atoms with E-state index < -0.39 is 0 Å². The van der Waals surface area contributed by atoms with Crippen LogP contribution in [0.2, 0.25) is 0 Å². The standard InChI is InChI=1S/C13H25N3OS/c1-11-8-15(9-12(2)18-11)10-13(17)16-6-3-4-14-5-7-16/h11-12,14H,3-10H2,1-2H3. The van der Waals surface area contributed by atoms with Crippen molar-refractivity contribution in [3.63, 3.8) is 0 Å². The fourth-order valence-electron chi connectivity index (χ4n) is 2.80. The van der Waals surface area contributed by atoms with Crippen LogP contribution in [0.5, 0.6) is 0 Å². The Morgan fingerprint density at radius 2 is 1.94 bits per heavy atom. The minimum atomic E-state index is 0.310. The number of hydrogen-bond acceptors (Lipinski definition) is 4. The van der Waals surface area contributed by atoms with Crippen molar-refractivity contribution in [2.45, 2.75) is 30.8 Å². The van der Waals surface area contributed by atoms with Crippen LogP contribution in [0, 0.1) is 0 Å². The number of nitrogens with one attached hydrogen (secondary N) is 1. The van der Waals surface area contributed by atoms with Gasteiger partial charge in [-0.1, -0.05) is 13.8 Å². The highest BCUT2D eigenvalue weighted by Crippen LogP contribution is 2.24. The van der Waals surface area contributed by atoms with Crippen molar-refractivity contribution in [3.05, 3.63) is 0 Å². The Morgan fingerprint density at radius 1 is 1.22 bits per heavy atom. The Morgan fingerprint density at radius 3 is 2.67 bits per heavy atom. The van der Waals surface area contributed by atoms with E-state index in [1.54, 1.807) is 0 Å². The first-order chi connectivity index (χ1) is 8.65. The summed E-state index contributed by atoms with van der Waals surface area (Å²) in [7, 11) is 0. The number of amides is 1. The normalized spacial score (nSPS) is 31.1. The van der Waals surface area contributed by atoms with E-state index in [0.29, 0.717) is 23.0 Å². The highest BCUT2D eigenvalue weighted by atomic mass is 32.2. The van der Waals surface area contributed by atoms with Gasteiger partial charge in [0.25, 0.3) is 0 Å². The lowest BCUT2D eigenvalue weighted by atomic mass is 10.3. The van der Waals surface area contributed by atoms with Gasteiger partial charge in [0.1, 0.15) is 0 Å². The molecule has 0 bridgehead atoms. The van der Waals surface area contributed by atoms with Gasteiger partial charge in [0.2, 0.25) is 5.91 Å². The van der Waals surface area contributed by atoms with Crippen LogP contribution in [0.4, 0.5) is 0 Å². The number of carbonyl (C=O) groups is 1. The van der Waals surface area contributed by atoms with Crippen LogP contribution in [0.1, 0.15) is 20.3 Å². The molecule has 0 aliphatic carbocycles. The average Bonchev–Trinajstić information content (AvgIpc) is 2.55. The Balaban J connectivity index is 1.82. The first-order valence-corrected chi connectivity index (χ1v) is 7.95. The number of nitrogens with zero attached hydrogens (tertiary/aromatic N) is 2. The molecule has 2 fully saturated rings. The summed E-state index contributed by atoms with van der Waals surface area (Å²) in [5, 5.41) is 4.63. The lowest BCUT2D eigenvalue weighted by molar-refractivity contribution is -0.132. The molecule has 2 saturated heterocycles. The quantitative estimate of drug-likeness (QED) is 0.799. The highest BCUT2D eigenvalue weighted by molar-refractivity contribution is 8.00. The fourth-order valence-corrected chi connectivity index (χ4v) is 4.19. The monoisotopic (exact) mass is 271 g/mol. The first-order valence-electron chi connectivity index (χ1n) is 7.01. The molecule has 0 aromatic carbocycles. The lowest BCUT2D eigenvalue weighted by Gasteiger charge is -2.35. The third kappa shape index (κ3) is 4.14. The van der Waals surface area contributed by atoms with Gasteiger partial charge in [0.05, 0.1) is 6.54 Å². The Hall–Kier alpha value is -0.260. The zero-order valence-corrected chi connectivity index (χ0v) is 12.3. The van der Waals surface area contributed by atoms with Crippen molar-refractivity contribution in [1.29, 1.82) is 0 Å². The predicted molar refractivity (Wildman–Crippen MR) is 77.0 cm³/mol. The van der Waals surface area contributed by atoms with E-state index in [1.165, 1.54) is 0 Å². The van der Waals surface area contributed by atoms with Crippen LogP contribution in [0.3, 0.4) is 0 Å². The van der Waals surface area contributed by atoms with Gasteiger partial charge in [-0.15, -0.1) is 0 Å². The van der Waals surface area contributed by atoms with Crippen molar-refractivity contribution >= 4 is 17.7 Å². The maximum atomic E-state index is 12.3. The number of thioether (sulfide) groups is 1. The second kappa shape index (κ2) is 6.78. The zero-order valence-electron chi connectivity index (χ0n) is 11.5. The number of carbonyl (C=O) groups excluding carboxylic acids is 1. The lowest BCUT2D eigenvalue weighted by Crippen LogP contribution is -2.47. The van der Waals surface area contributed by atoms with Gasteiger partial charge < -0.3 is 10.2 Å². The molecule has 104 valence electrons. The fraction of sp³-hybridized carbons (Fsp3) is 0.923. The molecule has 18 heavy (non-hydrogen) atoms. The highest BCUT2D eigenvalue weighted by Gasteiger charge is 2.25. The summed E-state index contributed by atoms with van der Waals surface area (Å²) in [6.07, 6.45) is 1.08. The van der Waals surface area contributed by atoms with E-state index >= 15 is 0 Å². The zero-order chi connectivity index (χ0) is 13.0. The summed E-state index contributed by atoms with van der Waals surface area (Å²) in [6, 6.07) is 0. The molecule has 0 spiro atoms. The predicted octanol–water partition coefficient (Wildman–Crippen LogP) is 0.634. The maximum absolute atomic E-state index is 12.3. The summed E-state index contributed by atoms with van der Waals surface area (Å²) in [5.74, 6) is 0.310. The molecule has 0 aromatic rings. The molecule has 0 saturated carbocycles. The van der Waals surface area contributed by atoms with Gasteiger partial charge in [-0.05, 0) is 13.0 Å². The summed E-state index contributed by atoms with van der Waals surface area (Å²) in [4.78, 5) is 16.6. The van der Waals surface area contributed by atoms with E-state index in [1.807, 2.05) is 16.7 Å². The molecule has 2 unspecified atom stereocenters. The topological polar surface area (TPSA) is 35.6 Å². The third-order valence-electron chi connectivity index (χ3n) is 3.55. The molecule has 1 N–H and O–H groups in total. The van der Waals surface area contributed by atoms with Gasteiger partial charge in [0.15, 0.2) is 0 Å². The van der Waals surface area contributed by atoms with Crippen LogP contribution in [-0.4, -0.2) is 72.0 Å². The SMILES string of the molecule is CC1CN(CC(=O)N2CCCNCC2)CC(C)S1. The molecule has 0 radical (unpaired) electrons. The summed E-state index contributed by atoms with van der Waals surface area (Å²) in [6.45, 7) is 11.0. The molecule has 2 aliphatic heterocycles. The van der Waals surface area contributed by atoms with Gasteiger partial charge in [-0.3, -0.25) is 9.69 Å².